The molecule has 0 bridgehead atoms. The topological polar surface area (TPSA) is 54.7 Å². The monoisotopic (exact) mass is 542 g/mol. The van der Waals surface area contributed by atoms with Crippen molar-refractivity contribution in [2.24, 2.45) is 0 Å². The molecule has 1 aromatic heterocycles. The number of halogens is 2. The van der Waals surface area contributed by atoms with Gasteiger partial charge in [0.05, 0.1) is 30.2 Å². The molecule has 0 amide bonds. The molecule has 6 nitrogen and oxygen atoms in total. The van der Waals surface area contributed by atoms with E-state index in [-0.39, 0.29) is 17.8 Å². The zero-order chi connectivity index (χ0) is 27.9. The standard InChI is InChI=1S/C28H37BF2N2O4Si/c1-27(2)28(3,4)37-29(36-27)22-14-13-19(24(30)25(22)31)21-17-32-33(18-35-15-16-38(6,7)8)26(21)20-11-9-10-12-23(20)34-5/h9-14,17H,15-16,18H2,1-8H3. The lowest BCUT2D eigenvalue weighted by molar-refractivity contribution is 0.00578. The molecule has 0 N–H and O–H groups in total. The van der Waals surface area contributed by atoms with Crippen LogP contribution in [0.15, 0.2) is 42.6 Å². The quantitative estimate of drug-likeness (QED) is 0.241. The molecule has 0 radical (unpaired) electrons. The highest BCUT2D eigenvalue weighted by atomic mass is 28.3. The van der Waals surface area contributed by atoms with E-state index in [1.54, 1.807) is 17.9 Å². The van der Waals surface area contributed by atoms with Crippen LogP contribution in [0.2, 0.25) is 25.7 Å². The molecule has 2 aromatic carbocycles. The molecular formula is C28H37BF2N2O4Si. The van der Waals surface area contributed by atoms with Gasteiger partial charge in [-0.1, -0.05) is 43.9 Å². The summed E-state index contributed by atoms with van der Waals surface area (Å²) >= 11 is 0. The van der Waals surface area contributed by atoms with Crippen molar-refractivity contribution < 1.29 is 27.6 Å². The summed E-state index contributed by atoms with van der Waals surface area (Å²) < 4.78 is 56.4. The fourth-order valence-corrected chi connectivity index (χ4v) is 5.02. The first-order valence-corrected chi connectivity index (χ1v) is 16.6. The third-order valence-electron chi connectivity index (χ3n) is 7.32. The highest BCUT2D eigenvalue weighted by Crippen LogP contribution is 2.40. The number of rotatable bonds is 9. The third-order valence-corrected chi connectivity index (χ3v) is 9.03. The first-order valence-electron chi connectivity index (χ1n) is 12.9. The molecule has 0 aliphatic carbocycles. The van der Waals surface area contributed by atoms with Crippen molar-refractivity contribution in [2.75, 3.05) is 13.7 Å². The van der Waals surface area contributed by atoms with Crippen LogP contribution in [-0.4, -0.2) is 49.9 Å². The SMILES string of the molecule is COc1ccccc1-c1c(-c2ccc(B3OC(C)(C)C(C)(C)O3)c(F)c2F)cnn1COCC[Si](C)(C)C. The maximum absolute atomic E-state index is 15.7. The van der Waals surface area contributed by atoms with Crippen LogP contribution in [-0.2, 0) is 20.8 Å². The Labute approximate surface area is 225 Å². The van der Waals surface area contributed by atoms with Crippen molar-refractivity contribution in [3.05, 3.63) is 54.2 Å². The lowest BCUT2D eigenvalue weighted by Crippen LogP contribution is -2.41. The fourth-order valence-electron chi connectivity index (χ4n) is 4.26. The lowest BCUT2D eigenvalue weighted by Gasteiger charge is -2.32. The molecule has 2 heterocycles. The molecule has 1 saturated heterocycles. The number of hydrogen-bond acceptors (Lipinski definition) is 5. The first-order chi connectivity index (χ1) is 17.8. The molecular weight excluding hydrogens is 505 g/mol. The van der Waals surface area contributed by atoms with Gasteiger partial charge in [0.25, 0.3) is 0 Å². The van der Waals surface area contributed by atoms with E-state index in [0.29, 0.717) is 29.2 Å². The summed E-state index contributed by atoms with van der Waals surface area (Å²) in [5.74, 6) is -1.41. The van der Waals surface area contributed by atoms with Gasteiger partial charge in [-0.15, -0.1) is 0 Å². The molecule has 3 aromatic rings. The van der Waals surface area contributed by atoms with E-state index in [4.69, 9.17) is 18.8 Å². The lowest BCUT2D eigenvalue weighted by atomic mass is 9.77. The number of para-hydroxylation sites is 1. The molecule has 10 heteroatoms. The van der Waals surface area contributed by atoms with Crippen LogP contribution in [0.25, 0.3) is 22.4 Å². The molecule has 4 rings (SSSR count). The van der Waals surface area contributed by atoms with Gasteiger partial charge in [0.15, 0.2) is 11.6 Å². The first kappa shape index (κ1) is 28.5. The van der Waals surface area contributed by atoms with E-state index in [1.807, 2.05) is 52.0 Å². The van der Waals surface area contributed by atoms with Crippen LogP contribution in [0, 0.1) is 11.6 Å². The summed E-state index contributed by atoms with van der Waals surface area (Å²) in [5, 5.41) is 4.50. The number of benzene rings is 2. The zero-order valence-corrected chi connectivity index (χ0v) is 24.5. The van der Waals surface area contributed by atoms with Crippen molar-refractivity contribution in [3.8, 4) is 28.1 Å². The normalized spacial score (nSPS) is 16.7. The second kappa shape index (κ2) is 10.6. The van der Waals surface area contributed by atoms with Crippen molar-refractivity contribution >= 4 is 20.7 Å². The highest BCUT2D eigenvalue weighted by molar-refractivity contribution is 6.76. The number of ether oxygens (including phenoxy) is 2. The Morgan fingerprint density at radius 3 is 2.21 bits per heavy atom. The minimum absolute atomic E-state index is 0.0193. The maximum atomic E-state index is 15.7. The molecule has 0 saturated carbocycles. The number of aromatic nitrogens is 2. The second-order valence-electron chi connectivity index (χ2n) is 11.9. The average Bonchev–Trinajstić information content (AvgIpc) is 3.34. The van der Waals surface area contributed by atoms with Crippen molar-refractivity contribution in [1.82, 2.24) is 9.78 Å². The van der Waals surface area contributed by atoms with Gasteiger partial charge in [-0.3, -0.25) is 0 Å². The number of hydrogen-bond donors (Lipinski definition) is 0. The van der Waals surface area contributed by atoms with E-state index in [1.165, 1.54) is 12.3 Å². The van der Waals surface area contributed by atoms with Gasteiger partial charge in [0.2, 0.25) is 0 Å². The van der Waals surface area contributed by atoms with E-state index in [9.17, 15) is 0 Å². The Morgan fingerprint density at radius 1 is 0.921 bits per heavy atom. The molecule has 0 atom stereocenters. The number of methoxy groups -OCH3 is 1. The van der Waals surface area contributed by atoms with Crippen LogP contribution < -0.4 is 10.2 Å². The van der Waals surface area contributed by atoms with Gasteiger partial charge in [-0.25, -0.2) is 13.5 Å². The van der Waals surface area contributed by atoms with Gasteiger partial charge >= 0.3 is 7.12 Å². The molecule has 38 heavy (non-hydrogen) atoms. The number of nitrogens with zero attached hydrogens (tertiary/aromatic N) is 2. The van der Waals surface area contributed by atoms with E-state index in [2.05, 4.69) is 24.7 Å². The van der Waals surface area contributed by atoms with Crippen molar-refractivity contribution in [2.45, 2.75) is 71.3 Å². The van der Waals surface area contributed by atoms with Gasteiger partial charge in [0, 0.05) is 36.8 Å². The molecule has 1 aliphatic rings. The molecule has 204 valence electrons. The molecule has 0 unspecified atom stereocenters. The summed E-state index contributed by atoms with van der Waals surface area (Å²) in [4.78, 5) is 0. The Hall–Kier alpha value is -2.53. The maximum Gasteiger partial charge on any atom is 0.497 e. The largest absolute Gasteiger partial charge is 0.497 e. The van der Waals surface area contributed by atoms with Gasteiger partial charge in [-0.2, -0.15) is 5.10 Å². The van der Waals surface area contributed by atoms with E-state index < -0.39 is 38.0 Å². The van der Waals surface area contributed by atoms with Crippen molar-refractivity contribution in [1.29, 1.82) is 0 Å². The molecule has 1 fully saturated rings. The van der Waals surface area contributed by atoms with Gasteiger partial charge < -0.3 is 18.8 Å². The summed E-state index contributed by atoms with van der Waals surface area (Å²) in [6, 6.07) is 11.5. The predicted octanol–water partition coefficient (Wildman–Crippen LogP) is 6.12. The Morgan fingerprint density at radius 2 is 1.58 bits per heavy atom. The van der Waals surface area contributed by atoms with Crippen LogP contribution >= 0.6 is 0 Å². The van der Waals surface area contributed by atoms with Gasteiger partial charge in [-0.05, 0) is 45.9 Å². The summed E-state index contributed by atoms with van der Waals surface area (Å²) in [6.45, 7) is 15.1. The third kappa shape index (κ3) is 5.59. The Bertz CT molecular complexity index is 1290. The minimum atomic E-state index is -1.27. The fraction of sp³-hybridized carbons (Fsp3) is 0.464. The van der Waals surface area contributed by atoms with Gasteiger partial charge in [0.1, 0.15) is 12.5 Å². The Kier molecular flexibility index (Phi) is 7.92. The van der Waals surface area contributed by atoms with Crippen molar-refractivity contribution in [3.63, 3.8) is 0 Å². The van der Waals surface area contributed by atoms with E-state index >= 15 is 8.78 Å². The van der Waals surface area contributed by atoms with E-state index in [0.717, 1.165) is 6.04 Å². The van der Waals surface area contributed by atoms with Crippen LogP contribution in [0.5, 0.6) is 5.75 Å². The zero-order valence-electron chi connectivity index (χ0n) is 23.5. The van der Waals surface area contributed by atoms with Crippen LogP contribution in [0.1, 0.15) is 27.7 Å². The summed E-state index contributed by atoms with van der Waals surface area (Å²) in [6.07, 6.45) is 1.54. The molecule has 1 aliphatic heterocycles. The second-order valence-corrected chi connectivity index (χ2v) is 17.5. The smallest absolute Gasteiger partial charge is 0.496 e. The highest BCUT2D eigenvalue weighted by Gasteiger charge is 2.52. The average molecular weight is 543 g/mol. The molecule has 0 spiro atoms. The summed E-state index contributed by atoms with van der Waals surface area (Å²) in [7, 11) is -0.712. The predicted molar refractivity (Wildman–Crippen MR) is 149 cm³/mol. The van der Waals surface area contributed by atoms with Crippen LogP contribution in [0.4, 0.5) is 8.78 Å². The minimum Gasteiger partial charge on any atom is -0.496 e. The summed E-state index contributed by atoms with van der Waals surface area (Å²) in [5.41, 5.74) is 0.464. The van der Waals surface area contributed by atoms with Crippen LogP contribution in [0.3, 0.4) is 0 Å². The Balaban J connectivity index is 1.74.